The zero-order chi connectivity index (χ0) is 12.7. The van der Waals surface area contributed by atoms with Crippen LogP contribution < -0.4 is 0 Å². The van der Waals surface area contributed by atoms with E-state index < -0.39 is 30.4 Å². The molecule has 16 heavy (non-hydrogen) atoms. The van der Waals surface area contributed by atoms with Gasteiger partial charge in [0.1, 0.15) is 0 Å². The van der Waals surface area contributed by atoms with Crippen LogP contribution in [0.3, 0.4) is 0 Å². The van der Waals surface area contributed by atoms with Gasteiger partial charge in [-0.25, -0.2) is 8.42 Å². The molecule has 0 radical (unpaired) electrons. The van der Waals surface area contributed by atoms with Crippen LogP contribution in [0.4, 0.5) is 10.1 Å². The summed E-state index contributed by atoms with van der Waals surface area (Å²) in [4.78, 5) is 9.17. The maximum Gasteiger partial charge on any atom is 0.309 e. The van der Waals surface area contributed by atoms with Crippen molar-refractivity contribution >= 4 is 25.4 Å². The molecule has 0 N–H and O–H groups in total. The van der Waals surface area contributed by atoms with Crippen LogP contribution in [0.5, 0.6) is 0 Å². The fourth-order valence-electron chi connectivity index (χ4n) is 1.51. The van der Waals surface area contributed by atoms with E-state index in [-0.39, 0.29) is 11.1 Å². The molecule has 0 aliphatic carbocycles. The molecule has 0 saturated carbocycles. The highest BCUT2D eigenvalue weighted by atomic mass is 35.7. The van der Waals surface area contributed by atoms with Gasteiger partial charge in [0.25, 0.3) is 9.05 Å². The molecule has 0 unspecified atom stereocenters. The van der Waals surface area contributed by atoms with Crippen molar-refractivity contribution in [2.75, 3.05) is 0 Å². The number of hydrogen-bond donors (Lipinski definition) is 0. The third-order valence-electron chi connectivity index (χ3n) is 2.05. The van der Waals surface area contributed by atoms with Gasteiger partial charge in [0.15, 0.2) is 0 Å². The molecule has 5 nitrogen and oxygen atoms in total. The van der Waals surface area contributed by atoms with Gasteiger partial charge < -0.3 is 0 Å². The number of nitro benzene ring substituents is 1. The summed E-state index contributed by atoms with van der Waals surface area (Å²) < 4.78 is 35.6. The molecule has 8 heteroatoms. The molecule has 1 rings (SSSR count). The predicted molar refractivity (Wildman–Crippen MR) is 55.6 cm³/mol. The molecule has 0 saturated heterocycles. The highest BCUT2D eigenvalue weighted by Crippen LogP contribution is 2.32. The topological polar surface area (TPSA) is 77.3 Å². The first-order chi connectivity index (χ1) is 7.16. The molecular formula is C8H7ClFNO4S. The molecule has 0 spiro atoms. The van der Waals surface area contributed by atoms with Crippen LogP contribution in [0.15, 0.2) is 11.0 Å². The molecule has 88 valence electrons. The van der Waals surface area contributed by atoms with Crippen LogP contribution in [-0.2, 0) is 9.05 Å². The van der Waals surface area contributed by atoms with E-state index in [9.17, 15) is 22.9 Å². The van der Waals surface area contributed by atoms with Crippen molar-refractivity contribution in [2.24, 2.45) is 0 Å². The minimum Gasteiger partial charge on any atom is -0.258 e. The third kappa shape index (κ3) is 2.14. The van der Waals surface area contributed by atoms with Gasteiger partial charge >= 0.3 is 5.69 Å². The fraction of sp³-hybridized carbons (Fsp3) is 0.250. The molecule has 0 fully saturated rings. The van der Waals surface area contributed by atoms with Gasteiger partial charge in [0, 0.05) is 10.7 Å². The summed E-state index contributed by atoms with van der Waals surface area (Å²) in [6.07, 6.45) is 0. The Morgan fingerprint density at radius 1 is 1.44 bits per heavy atom. The summed E-state index contributed by atoms with van der Waals surface area (Å²) in [5, 5.41) is 10.6. The van der Waals surface area contributed by atoms with E-state index in [2.05, 4.69) is 0 Å². The second-order valence-corrected chi connectivity index (χ2v) is 5.68. The Balaban J connectivity index is 3.79. The lowest BCUT2D eigenvalue weighted by atomic mass is 10.1. The summed E-state index contributed by atoms with van der Waals surface area (Å²) in [6, 6.07) is 0.778. The van der Waals surface area contributed by atoms with Gasteiger partial charge in [-0.2, -0.15) is 4.39 Å². The monoisotopic (exact) mass is 267 g/mol. The number of hydrogen-bond acceptors (Lipinski definition) is 4. The Morgan fingerprint density at radius 2 is 1.94 bits per heavy atom. The van der Waals surface area contributed by atoms with Gasteiger partial charge in [-0.15, -0.1) is 0 Å². The normalized spacial score (nSPS) is 11.5. The summed E-state index contributed by atoms with van der Waals surface area (Å²) in [5.41, 5.74) is -1.13. The van der Waals surface area contributed by atoms with E-state index in [4.69, 9.17) is 10.7 Å². The minimum atomic E-state index is -4.14. The molecule has 0 atom stereocenters. The molecule has 0 aliphatic rings. The smallest absolute Gasteiger partial charge is 0.258 e. The standard InChI is InChI=1S/C8H7ClFNO4S/c1-4-3-6(10)7(11(12)13)5(2)8(4)16(9,14)15/h3H,1-2H3. The molecule has 0 bridgehead atoms. The van der Waals surface area contributed by atoms with Gasteiger partial charge in [-0.05, 0) is 25.5 Å². The third-order valence-corrected chi connectivity index (χ3v) is 3.63. The zero-order valence-electron chi connectivity index (χ0n) is 8.32. The van der Waals surface area contributed by atoms with Crippen molar-refractivity contribution in [3.8, 4) is 0 Å². The van der Waals surface area contributed by atoms with Crippen LogP contribution in [0.1, 0.15) is 11.1 Å². The Bertz CT molecular complexity index is 570. The van der Waals surface area contributed by atoms with E-state index in [0.717, 1.165) is 13.0 Å². The summed E-state index contributed by atoms with van der Waals surface area (Å²) in [6.45, 7) is 2.46. The van der Waals surface area contributed by atoms with Crippen LogP contribution in [0, 0.1) is 29.8 Å². The maximum absolute atomic E-state index is 13.3. The second kappa shape index (κ2) is 3.99. The van der Waals surface area contributed by atoms with E-state index in [1.54, 1.807) is 0 Å². The van der Waals surface area contributed by atoms with Gasteiger partial charge in [0.05, 0.1) is 15.4 Å². The zero-order valence-corrected chi connectivity index (χ0v) is 9.89. The number of rotatable bonds is 2. The fourth-order valence-corrected chi connectivity index (χ4v) is 3.12. The summed E-state index contributed by atoms with van der Waals surface area (Å²) in [5.74, 6) is -1.08. The van der Waals surface area contributed by atoms with Gasteiger partial charge in [-0.3, -0.25) is 10.1 Å². The largest absolute Gasteiger partial charge is 0.309 e. The lowest BCUT2D eigenvalue weighted by Gasteiger charge is -2.07. The highest BCUT2D eigenvalue weighted by Gasteiger charge is 2.28. The number of benzene rings is 1. The average molecular weight is 268 g/mol. The minimum absolute atomic E-state index is 0.0376. The number of halogens is 2. The maximum atomic E-state index is 13.3. The van der Waals surface area contributed by atoms with Gasteiger partial charge in [0.2, 0.25) is 5.82 Å². The summed E-state index contributed by atoms with van der Waals surface area (Å²) in [7, 11) is 0.989. The van der Waals surface area contributed by atoms with Crippen molar-refractivity contribution in [1.29, 1.82) is 0 Å². The predicted octanol–water partition coefficient (Wildman–Crippen LogP) is 2.28. The SMILES string of the molecule is Cc1cc(F)c([N+](=O)[O-])c(C)c1S(=O)(=O)Cl. The number of nitrogens with zero attached hydrogens (tertiary/aromatic N) is 1. The first-order valence-corrected chi connectivity index (χ1v) is 6.36. The quantitative estimate of drug-likeness (QED) is 0.468. The lowest BCUT2D eigenvalue weighted by molar-refractivity contribution is -0.388. The number of nitro groups is 1. The van der Waals surface area contributed by atoms with Crippen LogP contribution in [0.25, 0.3) is 0 Å². The Morgan fingerprint density at radius 3 is 2.31 bits per heavy atom. The van der Waals surface area contributed by atoms with Crippen molar-refractivity contribution in [1.82, 2.24) is 0 Å². The Kier molecular flexibility index (Phi) is 3.20. The Labute approximate surface area is 95.4 Å². The first-order valence-electron chi connectivity index (χ1n) is 4.05. The molecule has 1 aromatic rings. The molecule has 0 heterocycles. The van der Waals surface area contributed by atoms with Crippen LogP contribution >= 0.6 is 10.7 Å². The second-order valence-electron chi connectivity index (χ2n) is 3.17. The van der Waals surface area contributed by atoms with Crippen molar-refractivity contribution in [3.05, 3.63) is 33.1 Å². The van der Waals surface area contributed by atoms with E-state index in [1.807, 2.05) is 0 Å². The molecular weight excluding hydrogens is 261 g/mol. The van der Waals surface area contributed by atoms with Gasteiger partial charge in [-0.1, -0.05) is 0 Å². The molecule has 1 aromatic carbocycles. The van der Waals surface area contributed by atoms with E-state index >= 15 is 0 Å². The van der Waals surface area contributed by atoms with Crippen LogP contribution in [0.2, 0.25) is 0 Å². The lowest BCUT2D eigenvalue weighted by Crippen LogP contribution is -2.04. The van der Waals surface area contributed by atoms with Crippen molar-refractivity contribution < 1.29 is 17.7 Å². The van der Waals surface area contributed by atoms with Crippen molar-refractivity contribution in [3.63, 3.8) is 0 Å². The highest BCUT2D eigenvalue weighted by molar-refractivity contribution is 8.13. The van der Waals surface area contributed by atoms with Crippen LogP contribution in [-0.4, -0.2) is 13.3 Å². The molecule has 0 aliphatic heterocycles. The average Bonchev–Trinajstić information content (AvgIpc) is 1.97. The van der Waals surface area contributed by atoms with E-state index in [0.29, 0.717) is 0 Å². The summed E-state index contributed by atoms with van der Waals surface area (Å²) >= 11 is 0. The molecule has 0 aromatic heterocycles. The Hall–Kier alpha value is -1.21. The van der Waals surface area contributed by atoms with E-state index in [1.165, 1.54) is 6.92 Å². The van der Waals surface area contributed by atoms with Crippen molar-refractivity contribution in [2.45, 2.75) is 18.7 Å². The number of aryl methyl sites for hydroxylation is 1. The first kappa shape index (κ1) is 12.9. The molecule has 0 amide bonds.